The highest BCUT2D eigenvalue weighted by molar-refractivity contribution is 9.10. The quantitative estimate of drug-likeness (QED) is 0.831. The third kappa shape index (κ3) is 1.41. The molecule has 15 heavy (non-hydrogen) atoms. The molecule has 3 heteroatoms. The van der Waals surface area contributed by atoms with Gasteiger partial charge in [0.1, 0.15) is 0 Å². The van der Waals surface area contributed by atoms with Gasteiger partial charge >= 0.3 is 0 Å². The number of hydrogen-bond donors (Lipinski definition) is 1. The Balaban J connectivity index is 2.63. The van der Waals surface area contributed by atoms with Gasteiger partial charge in [-0.3, -0.25) is 4.79 Å². The average molecular weight is 268 g/mol. The van der Waals surface area contributed by atoms with Gasteiger partial charge in [0, 0.05) is 10.2 Å². The van der Waals surface area contributed by atoms with Gasteiger partial charge in [-0.25, -0.2) is 0 Å². The van der Waals surface area contributed by atoms with Gasteiger partial charge in [-0.15, -0.1) is 0 Å². The highest BCUT2D eigenvalue weighted by Crippen LogP contribution is 2.43. The van der Waals surface area contributed by atoms with Crippen LogP contribution in [0.4, 0.5) is 5.69 Å². The molecule has 0 aliphatic carbocycles. The molecule has 2 rings (SSSR count). The van der Waals surface area contributed by atoms with Crippen LogP contribution in [0.1, 0.15) is 26.3 Å². The van der Waals surface area contributed by atoms with Crippen LogP contribution in [0.2, 0.25) is 0 Å². The van der Waals surface area contributed by atoms with Gasteiger partial charge in [0.2, 0.25) is 5.91 Å². The van der Waals surface area contributed by atoms with Crippen LogP contribution in [0.5, 0.6) is 0 Å². The fourth-order valence-electron chi connectivity index (χ4n) is 2.00. The molecule has 0 bridgehead atoms. The highest BCUT2D eigenvalue weighted by atomic mass is 79.9. The van der Waals surface area contributed by atoms with E-state index in [0.717, 1.165) is 15.7 Å². The minimum Gasteiger partial charge on any atom is -0.325 e. The molecule has 0 saturated carbocycles. The van der Waals surface area contributed by atoms with Crippen molar-refractivity contribution in [3.63, 3.8) is 0 Å². The topological polar surface area (TPSA) is 29.1 Å². The number of halogens is 1. The van der Waals surface area contributed by atoms with E-state index in [-0.39, 0.29) is 11.8 Å². The van der Waals surface area contributed by atoms with Crippen molar-refractivity contribution in [3.8, 4) is 0 Å². The van der Waals surface area contributed by atoms with Crippen LogP contribution in [-0.4, -0.2) is 5.91 Å². The van der Waals surface area contributed by atoms with Crippen molar-refractivity contribution in [2.75, 3.05) is 5.32 Å². The molecule has 1 amide bonds. The lowest BCUT2D eigenvalue weighted by Gasteiger charge is -2.26. The molecule has 0 radical (unpaired) electrons. The summed E-state index contributed by atoms with van der Waals surface area (Å²) < 4.78 is 1.02. The summed E-state index contributed by atoms with van der Waals surface area (Å²) in [5.41, 5.74) is 1.63. The van der Waals surface area contributed by atoms with Crippen molar-refractivity contribution in [1.82, 2.24) is 0 Å². The summed E-state index contributed by atoms with van der Waals surface area (Å²) in [5, 5.41) is 2.94. The van der Waals surface area contributed by atoms with Gasteiger partial charge in [0.15, 0.2) is 0 Å². The van der Waals surface area contributed by atoms with E-state index < -0.39 is 5.41 Å². The van der Waals surface area contributed by atoms with E-state index in [1.54, 1.807) is 0 Å². The Bertz CT molecular complexity index is 428. The van der Waals surface area contributed by atoms with Crippen LogP contribution in [0.15, 0.2) is 22.7 Å². The second-order valence-electron chi connectivity index (χ2n) is 4.50. The SMILES string of the molecule is CC(C)C1(C)C(=O)Nc2ccc(Br)cc21. The third-order valence-corrected chi connectivity index (χ3v) is 3.91. The number of carbonyl (C=O) groups is 1. The number of carbonyl (C=O) groups excluding carboxylic acids is 1. The van der Waals surface area contributed by atoms with Crippen LogP contribution in [0.3, 0.4) is 0 Å². The fourth-order valence-corrected chi connectivity index (χ4v) is 2.36. The Morgan fingerprint density at radius 3 is 2.67 bits per heavy atom. The maximum absolute atomic E-state index is 12.0. The van der Waals surface area contributed by atoms with Crippen molar-refractivity contribution in [2.24, 2.45) is 5.92 Å². The zero-order chi connectivity index (χ0) is 11.2. The van der Waals surface area contributed by atoms with Crippen LogP contribution >= 0.6 is 15.9 Å². The minimum absolute atomic E-state index is 0.102. The molecule has 0 fully saturated rings. The van der Waals surface area contributed by atoms with Gasteiger partial charge in [-0.2, -0.15) is 0 Å². The summed E-state index contributed by atoms with van der Waals surface area (Å²) in [7, 11) is 0. The fraction of sp³-hybridized carbons (Fsp3) is 0.417. The molecular weight excluding hydrogens is 254 g/mol. The molecule has 0 saturated heterocycles. The number of amides is 1. The van der Waals surface area contributed by atoms with Crippen molar-refractivity contribution >= 4 is 27.5 Å². The molecule has 1 unspecified atom stereocenters. The summed E-state index contributed by atoms with van der Waals surface area (Å²) in [4.78, 5) is 12.0. The van der Waals surface area contributed by atoms with Gasteiger partial charge in [-0.1, -0.05) is 29.8 Å². The molecular formula is C12H14BrNO. The minimum atomic E-state index is -0.404. The molecule has 1 atom stereocenters. The number of rotatable bonds is 1. The maximum Gasteiger partial charge on any atom is 0.235 e. The average Bonchev–Trinajstić information content (AvgIpc) is 2.42. The zero-order valence-electron chi connectivity index (χ0n) is 9.10. The first-order chi connectivity index (χ1) is 6.96. The number of hydrogen-bond acceptors (Lipinski definition) is 1. The summed E-state index contributed by atoms with van der Waals surface area (Å²) >= 11 is 3.45. The van der Waals surface area contributed by atoms with Gasteiger partial charge in [0.25, 0.3) is 0 Å². The number of benzene rings is 1. The van der Waals surface area contributed by atoms with E-state index in [0.29, 0.717) is 0 Å². The van der Waals surface area contributed by atoms with Gasteiger partial charge in [-0.05, 0) is 36.6 Å². The first-order valence-corrected chi connectivity index (χ1v) is 5.87. The standard InChI is InChI=1S/C12H14BrNO/c1-7(2)12(3)9-6-8(13)4-5-10(9)14-11(12)15/h4-7H,1-3H3,(H,14,15). The molecule has 0 spiro atoms. The van der Waals surface area contributed by atoms with E-state index in [9.17, 15) is 4.79 Å². The van der Waals surface area contributed by atoms with Crippen molar-refractivity contribution < 1.29 is 4.79 Å². The van der Waals surface area contributed by atoms with Gasteiger partial charge < -0.3 is 5.32 Å². The lowest BCUT2D eigenvalue weighted by molar-refractivity contribution is -0.121. The summed E-state index contributed by atoms with van der Waals surface area (Å²) in [6.07, 6.45) is 0. The summed E-state index contributed by atoms with van der Waals surface area (Å²) in [6, 6.07) is 5.93. The predicted octanol–water partition coefficient (Wildman–Crippen LogP) is 3.31. The Morgan fingerprint density at radius 1 is 1.40 bits per heavy atom. The van der Waals surface area contributed by atoms with E-state index in [1.165, 1.54) is 0 Å². The molecule has 1 aromatic rings. The molecule has 1 N–H and O–H groups in total. The molecule has 80 valence electrons. The Labute approximate surface area is 98.2 Å². The van der Waals surface area contributed by atoms with Crippen molar-refractivity contribution in [1.29, 1.82) is 0 Å². The molecule has 0 aromatic heterocycles. The Morgan fingerprint density at radius 2 is 2.07 bits per heavy atom. The smallest absolute Gasteiger partial charge is 0.235 e. The van der Waals surface area contributed by atoms with Crippen LogP contribution in [0.25, 0.3) is 0 Å². The third-order valence-electron chi connectivity index (χ3n) is 3.42. The Kier molecular flexibility index (Phi) is 2.38. The number of fused-ring (bicyclic) bond motifs is 1. The molecule has 1 heterocycles. The zero-order valence-corrected chi connectivity index (χ0v) is 10.7. The van der Waals surface area contributed by atoms with E-state index in [1.807, 2.05) is 25.1 Å². The molecule has 1 aliphatic heterocycles. The Hall–Kier alpha value is -0.830. The lowest BCUT2D eigenvalue weighted by Crippen LogP contribution is -2.36. The first kappa shape index (κ1) is 10.7. The largest absolute Gasteiger partial charge is 0.325 e. The van der Waals surface area contributed by atoms with Crippen LogP contribution < -0.4 is 5.32 Å². The lowest BCUT2D eigenvalue weighted by atomic mass is 9.74. The molecule has 1 aromatic carbocycles. The molecule has 1 aliphatic rings. The maximum atomic E-state index is 12.0. The normalized spacial score (nSPS) is 24.2. The van der Waals surface area contributed by atoms with E-state index >= 15 is 0 Å². The summed E-state index contributed by atoms with van der Waals surface area (Å²) in [5.74, 6) is 0.388. The monoisotopic (exact) mass is 267 g/mol. The summed E-state index contributed by atoms with van der Waals surface area (Å²) in [6.45, 7) is 6.16. The number of nitrogens with one attached hydrogen (secondary N) is 1. The number of anilines is 1. The van der Waals surface area contributed by atoms with Crippen molar-refractivity contribution in [3.05, 3.63) is 28.2 Å². The first-order valence-electron chi connectivity index (χ1n) is 5.07. The second-order valence-corrected chi connectivity index (χ2v) is 5.42. The predicted molar refractivity (Wildman–Crippen MR) is 65.0 cm³/mol. The van der Waals surface area contributed by atoms with E-state index in [2.05, 4.69) is 35.1 Å². The van der Waals surface area contributed by atoms with Gasteiger partial charge in [0.05, 0.1) is 5.41 Å². The second kappa shape index (κ2) is 3.34. The van der Waals surface area contributed by atoms with E-state index in [4.69, 9.17) is 0 Å². The van der Waals surface area contributed by atoms with Crippen LogP contribution in [0, 0.1) is 5.92 Å². The van der Waals surface area contributed by atoms with Crippen LogP contribution in [-0.2, 0) is 10.2 Å². The highest BCUT2D eigenvalue weighted by Gasteiger charge is 2.44. The molecule has 2 nitrogen and oxygen atoms in total. The van der Waals surface area contributed by atoms with Crippen molar-refractivity contribution in [2.45, 2.75) is 26.2 Å².